The van der Waals surface area contributed by atoms with E-state index in [9.17, 15) is 17.6 Å². The highest BCUT2D eigenvalue weighted by Crippen LogP contribution is 2.28. The van der Waals surface area contributed by atoms with Crippen LogP contribution < -0.4 is 10.5 Å². The van der Waals surface area contributed by atoms with E-state index in [1.54, 1.807) is 18.2 Å². The molecule has 0 unspecified atom stereocenters. The molecule has 3 aromatic rings. The highest BCUT2D eigenvalue weighted by molar-refractivity contribution is 9.10. The summed E-state index contributed by atoms with van der Waals surface area (Å²) in [6.45, 7) is 5.92. The summed E-state index contributed by atoms with van der Waals surface area (Å²) in [5.41, 5.74) is 1.04. The number of rotatable bonds is 4. The van der Waals surface area contributed by atoms with Crippen molar-refractivity contribution >= 4 is 37.7 Å². The van der Waals surface area contributed by atoms with Crippen LogP contribution in [-0.4, -0.2) is 24.1 Å². The van der Waals surface area contributed by atoms with Crippen LogP contribution in [0.2, 0.25) is 0 Å². The summed E-state index contributed by atoms with van der Waals surface area (Å²) >= 11 is 3.26. The number of nitrogens with zero attached hydrogens (tertiary/aromatic N) is 2. The van der Waals surface area contributed by atoms with Crippen LogP contribution in [0.25, 0.3) is 5.69 Å². The van der Waals surface area contributed by atoms with Crippen molar-refractivity contribution in [2.24, 2.45) is 5.14 Å². The number of primary sulfonamides is 1. The van der Waals surface area contributed by atoms with E-state index in [-0.39, 0.29) is 15.9 Å². The van der Waals surface area contributed by atoms with E-state index >= 15 is 0 Å². The molecule has 0 bridgehead atoms. The number of halogens is 2. The SMILES string of the molecule is CC(C)(C)c1cc(NC(=O)c2cc(S(N)(=O)=O)ccc2Br)n(-c2ccc(F)cc2)n1. The lowest BCUT2D eigenvalue weighted by Crippen LogP contribution is -2.18. The number of hydrogen-bond donors (Lipinski definition) is 2. The largest absolute Gasteiger partial charge is 0.306 e. The molecule has 0 spiro atoms. The van der Waals surface area contributed by atoms with Crippen LogP contribution in [0, 0.1) is 5.82 Å². The number of carbonyl (C=O) groups is 1. The van der Waals surface area contributed by atoms with E-state index in [1.165, 1.54) is 35.0 Å². The molecule has 1 amide bonds. The van der Waals surface area contributed by atoms with Crippen LogP contribution in [0.3, 0.4) is 0 Å². The van der Waals surface area contributed by atoms with Crippen molar-refractivity contribution < 1.29 is 17.6 Å². The first-order chi connectivity index (χ1) is 13.9. The van der Waals surface area contributed by atoms with Gasteiger partial charge in [0.05, 0.1) is 21.8 Å². The standard InChI is InChI=1S/C20H20BrFN4O3S/c1-20(2,3)17-11-18(26(25-17)13-6-4-12(22)5-7-13)24-19(27)15-10-14(30(23,28)29)8-9-16(15)21/h4-11H,1-3H3,(H,24,27)(H2,23,28,29). The van der Waals surface area contributed by atoms with Gasteiger partial charge < -0.3 is 5.32 Å². The zero-order chi connectivity index (χ0) is 22.3. The molecule has 7 nitrogen and oxygen atoms in total. The van der Waals surface area contributed by atoms with Gasteiger partial charge in [-0.25, -0.2) is 22.6 Å². The highest BCUT2D eigenvalue weighted by Gasteiger charge is 2.23. The number of anilines is 1. The molecule has 1 aromatic heterocycles. The lowest BCUT2D eigenvalue weighted by atomic mass is 9.92. The van der Waals surface area contributed by atoms with E-state index in [0.29, 0.717) is 21.7 Å². The van der Waals surface area contributed by atoms with Crippen LogP contribution in [0.5, 0.6) is 0 Å². The van der Waals surface area contributed by atoms with Gasteiger partial charge in [-0.1, -0.05) is 20.8 Å². The fourth-order valence-corrected chi connectivity index (χ4v) is 3.62. The summed E-state index contributed by atoms with van der Waals surface area (Å²) in [4.78, 5) is 12.8. The number of aromatic nitrogens is 2. The average Bonchev–Trinajstić information content (AvgIpc) is 3.06. The summed E-state index contributed by atoms with van der Waals surface area (Å²) in [6, 6.07) is 11.3. The molecule has 30 heavy (non-hydrogen) atoms. The molecule has 0 aliphatic heterocycles. The third-order valence-electron chi connectivity index (χ3n) is 4.30. The molecule has 0 aliphatic carbocycles. The van der Waals surface area contributed by atoms with Gasteiger partial charge in [-0.2, -0.15) is 5.10 Å². The Balaban J connectivity index is 2.05. The summed E-state index contributed by atoms with van der Waals surface area (Å²) in [5, 5.41) is 12.5. The molecule has 158 valence electrons. The van der Waals surface area contributed by atoms with Gasteiger partial charge in [0.2, 0.25) is 10.0 Å². The first-order valence-electron chi connectivity index (χ1n) is 8.86. The molecule has 0 saturated heterocycles. The van der Waals surface area contributed by atoms with Gasteiger partial charge in [-0.15, -0.1) is 0 Å². The molecule has 3 rings (SSSR count). The maximum absolute atomic E-state index is 13.3. The second-order valence-corrected chi connectivity index (χ2v) is 10.1. The number of hydrogen-bond acceptors (Lipinski definition) is 4. The third-order valence-corrected chi connectivity index (χ3v) is 5.90. The second kappa shape index (κ2) is 7.93. The van der Waals surface area contributed by atoms with Gasteiger partial charge in [0.1, 0.15) is 11.6 Å². The topological polar surface area (TPSA) is 107 Å². The van der Waals surface area contributed by atoms with Gasteiger partial charge in [0.25, 0.3) is 5.91 Å². The van der Waals surface area contributed by atoms with Gasteiger partial charge in [0, 0.05) is 16.0 Å². The maximum atomic E-state index is 13.3. The fourth-order valence-electron chi connectivity index (χ4n) is 2.65. The second-order valence-electron chi connectivity index (χ2n) is 7.69. The minimum atomic E-state index is -3.97. The Hall–Kier alpha value is -2.56. The molecule has 2 aromatic carbocycles. The number of amides is 1. The highest BCUT2D eigenvalue weighted by atomic mass is 79.9. The molecule has 0 atom stereocenters. The van der Waals surface area contributed by atoms with Crippen LogP contribution in [0.1, 0.15) is 36.8 Å². The normalized spacial score (nSPS) is 12.1. The van der Waals surface area contributed by atoms with Crippen LogP contribution in [0.15, 0.2) is 57.9 Å². The van der Waals surface area contributed by atoms with Crippen molar-refractivity contribution in [1.29, 1.82) is 0 Å². The molecular formula is C20H20BrFN4O3S. The molecule has 0 saturated carbocycles. The number of benzene rings is 2. The monoisotopic (exact) mass is 494 g/mol. The minimum absolute atomic E-state index is 0.0886. The smallest absolute Gasteiger partial charge is 0.258 e. The van der Waals surface area contributed by atoms with Crippen molar-refractivity contribution in [1.82, 2.24) is 9.78 Å². The van der Waals surface area contributed by atoms with E-state index in [0.717, 1.165) is 0 Å². The Morgan fingerprint density at radius 1 is 1.13 bits per heavy atom. The predicted molar refractivity (Wildman–Crippen MR) is 116 cm³/mol. The molecule has 10 heteroatoms. The molecular weight excluding hydrogens is 475 g/mol. The van der Waals surface area contributed by atoms with Crippen LogP contribution >= 0.6 is 15.9 Å². The van der Waals surface area contributed by atoms with E-state index in [1.807, 2.05) is 20.8 Å². The number of sulfonamides is 1. The average molecular weight is 495 g/mol. The van der Waals surface area contributed by atoms with Crippen LogP contribution in [-0.2, 0) is 15.4 Å². The van der Waals surface area contributed by atoms with Gasteiger partial charge in [-0.05, 0) is 58.4 Å². The summed E-state index contributed by atoms with van der Waals surface area (Å²) in [5.74, 6) is -0.600. The fraction of sp³-hybridized carbons (Fsp3) is 0.200. The quantitative estimate of drug-likeness (QED) is 0.571. The summed E-state index contributed by atoms with van der Waals surface area (Å²) in [6.07, 6.45) is 0. The van der Waals surface area contributed by atoms with Crippen molar-refractivity contribution in [2.75, 3.05) is 5.32 Å². The van der Waals surface area contributed by atoms with E-state index in [2.05, 4.69) is 26.3 Å². The Morgan fingerprint density at radius 3 is 2.33 bits per heavy atom. The van der Waals surface area contributed by atoms with E-state index < -0.39 is 21.7 Å². The lowest BCUT2D eigenvalue weighted by molar-refractivity contribution is 0.102. The lowest BCUT2D eigenvalue weighted by Gasteiger charge is -2.14. The maximum Gasteiger partial charge on any atom is 0.258 e. The van der Waals surface area contributed by atoms with Crippen molar-refractivity contribution in [3.63, 3.8) is 0 Å². The first kappa shape index (κ1) is 22.1. The van der Waals surface area contributed by atoms with Crippen molar-refractivity contribution in [3.05, 3.63) is 70.1 Å². The van der Waals surface area contributed by atoms with Crippen LogP contribution in [0.4, 0.5) is 10.2 Å². The van der Waals surface area contributed by atoms with Crippen molar-refractivity contribution in [3.8, 4) is 5.69 Å². The molecule has 0 aliphatic rings. The van der Waals surface area contributed by atoms with Gasteiger partial charge in [-0.3, -0.25) is 4.79 Å². The van der Waals surface area contributed by atoms with Gasteiger partial charge >= 0.3 is 0 Å². The Labute approximate surface area is 182 Å². The zero-order valence-electron chi connectivity index (χ0n) is 16.5. The van der Waals surface area contributed by atoms with E-state index in [4.69, 9.17) is 5.14 Å². The summed E-state index contributed by atoms with van der Waals surface area (Å²) in [7, 11) is -3.97. The summed E-state index contributed by atoms with van der Waals surface area (Å²) < 4.78 is 38.5. The Bertz CT molecular complexity index is 1220. The Morgan fingerprint density at radius 2 is 1.77 bits per heavy atom. The predicted octanol–water partition coefficient (Wildman–Crippen LogP) is 3.97. The molecule has 1 heterocycles. The number of carbonyl (C=O) groups excluding carboxylic acids is 1. The molecule has 3 N–H and O–H groups in total. The molecule has 0 fully saturated rings. The number of nitrogens with two attached hydrogens (primary N) is 1. The van der Waals surface area contributed by atoms with Gasteiger partial charge in [0.15, 0.2) is 0 Å². The molecule has 0 radical (unpaired) electrons. The van der Waals surface area contributed by atoms with Crippen molar-refractivity contribution in [2.45, 2.75) is 31.1 Å². The Kier molecular flexibility index (Phi) is 5.85. The first-order valence-corrected chi connectivity index (χ1v) is 11.2. The number of nitrogens with one attached hydrogen (secondary N) is 1. The zero-order valence-corrected chi connectivity index (χ0v) is 18.9. The minimum Gasteiger partial charge on any atom is -0.306 e. The third kappa shape index (κ3) is 4.77.